The van der Waals surface area contributed by atoms with Crippen LogP contribution in [0.15, 0.2) is 0 Å². The van der Waals surface area contributed by atoms with Gasteiger partial charge in [-0.2, -0.15) is 0 Å². The minimum atomic E-state index is -3.23. The quantitative estimate of drug-likeness (QED) is 0.690. The molecule has 0 amide bonds. The van der Waals surface area contributed by atoms with E-state index in [1.165, 1.54) is 0 Å². The van der Waals surface area contributed by atoms with Gasteiger partial charge in [-0.1, -0.05) is 0 Å². The maximum absolute atomic E-state index is 11.8. The largest absolute Gasteiger partial charge is 0.396 e. The topological polar surface area (TPSA) is 75.6 Å². The highest BCUT2D eigenvalue weighted by molar-refractivity contribution is 7.89. The first-order valence-corrected chi connectivity index (χ1v) is 7.90. The smallest absolute Gasteiger partial charge is 0.214 e. The summed E-state index contributed by atoms with van der Waals surface area (Å²) in [4.78, 5) is 0. The van der Waals surface area contributed by atoms with E-state index in [-0.39, 0.29) is 23.9 Å². The van der Waals surface area contributed by atoms with Gasteiger partial charge in [-0.05, 0) is 37.5 Å². The summed E-state index contributed by atoms with van der Waals surface area (Å²) in [6.45, 7) is 1.27. The van der Waals surface area contributed by atoms with Crippen LogP contribution in [0.1, 0.15) is 32.1 Å². The Labute approximate surface area is 103 Å². The third-order valence-corrected chi connectivity index (χ3v) is 5.09. The average Bonchev–Trinajstić information content (AvgIpc) is 2.85. The molecular formula is C11H21NO4S. The van der Waals surface area contributed by atoms with Crippen LogP contribution in [0.3, 0.4) is 0 Å². The molecule has 1 saturated heterocycles. The van der Waals surface area contributed by atoms with Gasteiger partial charge in [-0.15, -0.1) is 0 Å². The summed E-state index contributed by atoms with van der Waals surface area (Å²) in [5.41, 5.74) is 0.0261. The zero-order chi connectivity index (χ0) is 12.4. The van der Waals surface area contributed by atoms with Crippen molar-refractivity contribution in [3.63, 3.8) is 0 Å². The second kappa shape index (κ2) is 5.22. The van der Waals surface area contributed by atoms with Crippen LogP contribution in [0.4, 0.5) is 0 Å². The third kappa shape index (κ3) is 3.91. The van der Waals surface area contributed by atoms with E-state index >= 15 is 0 Å². The van der Waals surface area contributed by atoms with Crippen LogP contribution in [-0.4, -0.2) is 45.1 Å². The minimum absolute atomic E-state index is 0.0261. The third-order valence-electron chi connectivity index (χ3n) is 3.70. The van der Waals surface area contributed by atoms with Gasteiger partial charge in [-0.3, -0.25) is 0 Å². The van der Waals surface area contributed by atoms with Gasteiger partial charge in [0.2, 0.25) is 10.0 Å². The lowest BCUT2D eigenvalue weighted by atomic mass is 10.0. The number of aliphatic hydroxyl groups is 1. The van der Waals surface area contributed by atoms with Gasteiger partial charge < -0.3 is 9.84 Å². The van der Waals surface area contributed by atoms with E-state index in [4.69, 9.17) is 9.84 Å². The number of hydrogen-bond acceptors (Lipinski definition) is 4. The van der Waals surface area contributed by atoms with Gasteiger partial charge in [0.25, 0.3) is 0 Å². The Morgan fingerprint density at radius 3 is 2.71 bits per heavy atom. The molecule has 0 aromatic carbocycles. The lowest BCUT2D eigenvalue weighted by Crippen LogP contribution is -2.36. The fourth-order valence-electron chi connectivity index (χ4n) is 2.27. The predicted molar refractivity (Wildman–Crippen MR) is 64.1 cm³/mol. The summed E-state index contributed by atoms with van der Waals surface area (Å²) in [5, 5.41) is 8.90. The van der Waals surface area contributed by atoms with Gasteiger partial charge in [0, 0.05) is 19.8 Å². The van der Waals surface area contributed by atoms with Crippen LogP contribution in [-0.2, 0) is 14.8 Å². The second-order valence-corrected chi connectivity index (χ2v) is 7.06. The summed E-state index contributed by atoms with van der Waals surface area (Å²) in [7, 11) is -3.23. The van der Waals surface area contributed by atoms with Crippen molar-refractivity contribution in [1.29, 1.82) is 0 Å². The van der Waals surface area contributed by atoms with Crippen LogP contribution >= 0.6 is 0 Å². The fraction of sp³-hybridized carbons (Fsp3) is 1.00. The van der Waals surface area contributed by atoms with Crippen molar-refractivity contribution in [1.82, 2.24) is 4.72 Å². The Balaban J connectivity index is 1.77. The molecule has 1 aliphatic heterocycles. The van der Waals surface area contributed by atoms with Crippen molar-refractivity contribution in [2.75, 3.05) is 25.5 Å². The average molecular weight is 263 g/mol. The molecule has 1 atom stereocenters. The zero-order valence-corrected chi connectivity index (χ0v) is 10.8. The molecular weight excluding hydrogens is 242 g/mol. The summed E-state index contributed by atoms with van der Waals surface area (Å²) in [6, 6.07) is 0. The summed E-state index contributed by atoms with van der Waals surface area (Å²) >= 11 is 0. The monoisotopic (exact) mass is 263 g/mol. The van der Waals surface area contributed by atoms with Gasteiger partial charge in [0.05, 0.1) is 11.9 Å². The fourth-order valence-corrected chi connectivity index (χ4v) is 3.67. The van der Waals surface area contributed by atoms with Crippen molar-refractivity contribution in [2.45, 2.75) is 38.2 Å². The SMILES string of the molecule is O=S(=O)(CC1CCCO1)NCC1(CCO)CC1. The normalized spacial score (nSPS) is 27.2. The minimum Gasteiger partial charge on any atom is -0.396 e. The highest BCUT2D eigenvalue weighted by Crippen LogP contribution is 2.48. The van der Waals surface area contributed by atoms with Gasteiger partial charge in [-0.25, -0.2) is 13.1 Å². The molecule has 1 unspecified atom stereocenters. The number of rotatable bonds is 7. The Hall–Kier alpha value is -0.170. The maximum Gasteiger partial charge on any atom is 0.214 e. The molecule has 0 aromatic heterocycles. The highest BCUT2D eigenvalue weighted by Gasteiger charge is 2.42. The van der Waals surface area contributed by atoms with Crippen molar-refractivity contribution in [2.24, 2.45) is 5.41 Å². The van der Waals surface area contributed by atoms with Crippen LogP contribution in [0.5, 0.6) is 0 Å². The van der Waals surface area contributed by atoms with Crippen molar-refractivity contribution < 1.29 is 18.3 Å². The molecule has 1 heterocycles. The molecule has 0 bridgehead atoms. The van der Waals surface area contributed by atoms with Crippen LogP contribution < -0.4 is 4.72 Å². The number of sulfonamides is 1. The van der Waals surface area contributed by atoms with Gasteiger partial charge in [0.1, 0.15) is 0 Å². The molecule has 5 nitrogen and oxygen atoms in total. The number of hydrogen-bond donors (Lipinski definition) is 2. The van der Waals surface area contributed by atoms with E-state index in [0.717, 1.165) is 25.7 Å². The molecule has 2 aliphatic rings. The van der Waals surface area contributed by atoms with Gasteiger partial charge >= 0.3 is 0 Å². The Kier molecular flexibility index (Phi) is 4.07. The van der Waals surface area contributed by atoms with Crippen molar-refractivity contribution in [3.8, 4) is 0 Å². The number of ether oxygens (including phenoxy) is 1. The number of nitrogens with one attached hydrogen (secondary N) is 1. The van der Waals surface area contributed by atoms with Gasteiger partial charge in [0.15, 0.2) is 0 Å². The molecule has 1 aliphatic carbocycles. The van der Waals surface area contributed by atoms with Crippen LogP contribution in [0.2, 0.25) is 0 Å². The first-order valence-electron chi connectivity index (χ1n) is 6.25. The van der Waals surface area contributed by atoms with Crippen molar-refractivity contribution >= 4 is 10.0 Å². The predicted octanol–water partition coefficient (Wildman–Crippen LogP) is 0.247. The molecule has 6 heteroatoms. The van der Waals surface area contributed by atoms with E-state index in [2.05, 4.69) is 4.72 Å². The Morgan fingerprint density at radius 1 is 1.41 bits per heavy atom. The van der Waals surface area contributed by atoms with E-state index < -0.39 is 10.0 Å². The first kappa shape index (κ1) is 13.3. The Morgan fingerprint density at radius 2 is 2.18 bits per heavy atom. The Bertz CT molecular complexity index is 344. The lowest BCUT2D eigenvalue weighted by molar-refractivity contribution is 0.127. The molecule has 0 aromatic rings. The molecule has 0 spiro atoms. The zero-order valence-electron chi connectivity index (χ0n) is 10.0. The molecule has 2 rings (SSSR count). The molecule has 1 saturated carbocycles. The molecule has 2 N–H and O–H groups in total. The lowest BCUT2D eigenvalue weighted by Gasteiger charge is -2.16. The molecule has 2 fully saturated rings. The standard InChI is InChI=1S/C11H21NO4S/c13-6-5-11(3-4-11)9-12-17(14,15)8-10-2-1-7-16-10/h10,12-13H,1-9H2. The van der Waals surface area contributed by atoms with E-state index in [1.54, 1.807) is 0 Å². The summed E-state index contributed by atoms with van der Waals surface area (Å²) in [5.74, 6) is 0.0716. The van der Waals surface area contributed by atoms with E-state index in [0.29, 0.717) is 19.6 Å². The van der Waals surface area contributed by atoms with Crippen molar-refractivity contribution in [3.05, 3.63) is 0 Å². The van der Waals surface area contributed by atoms with E-state index in [9.17, 15) is 8.42 Å². The molecule has 17 heavy (non-hydrogen) atoms. The van der Waals surface area contributed by atoms with E-state index in [1.807, 2.05) is 0 Å². The number of aliphatic hydroxyl groups excluding tert-OH is 1. The highest BCUT2D eigenvalue weighted by atomic mass is 32.2. The maximum atomic E-state index is 11.8. The summed E-state index contributed by atoms with van der Waals surface area (Å²) < 4.78 is 31.6. The molecule has 0 radical (unpaired) electrons. The second-order valence-electron chi connectivity index (χ2n) is 5.21. The first-order chi connectivity index (χ1) is 8.05. The summed E-state index contributed by atoms with van der Waals surface area (Å²) in [6.07, 6.45) is 4.36. The van der Waals surface area contributed by atoms with Crippen LogP contribution in [0.25, 0.3) is 0 Å². The molecule has 100 valence electrons. The van der Waals surface area contributed by atoms with Crippen LogP contribution in [0, 0.1) is 5.41 Å².